The van der Waals surface area contributed by atoms with Crippen LogP contribution >= 0.6 is 11.3 Å². The highest BCUT2D eigenvalue weighted by Crippen LogP contribution is 2.25. The van der Waals surface area contributed by atoms with Crippen LogP contribution in [0.3, 0.4) is 0 Å². The fourth-order valence-corrected chi connectivity index (χ4v) is 6.15. The molecule has 0 aliphatic carbocycles. The van der Waals surface area contributed by atoms with Crippen molar-refractivity contribution in [3.05, 3.63) is 82.0 Å². The molecule has 0 bridgehead atoms. The van der Waals surface area contributed by atoms with Gasteiger partial charge in [0.2, 0.25) is 10.0 Å². The molecule has 1 aromatic heterocycles. The zero-order chi connectivity index (χ0) is 22.6. The Labute approximate surface area is 195 Å². The lowest BCUT2D eigenvalue weighted by atomic mass is 10.1. The van der Waals surface area contributed by atoms with Gasteiger partial charge in [0.05, 0.1) is 4.90 Å². The van der Waals surface area contributed by atoms with Gasteiger partial charge in [-0.15, -0.1) is 0 Å². The van der Waals surface area contributed by atoms with Gasteiger partial charge < -0.3 is 4.74 Å². The largest absolute Gasteiger partial charge is 0.490 e. The van der Waals surface area contributed by atoms with Crippen LogP contribution in [-0.4, -0.2) is 43.9 Å². The molecule has 1 aliphatic rings. The Bertz CT molecular complexity index is 1100. The topological polar surface area (TPSA) is 49.9 Å². The van der Waals surface area contributed by atoms with Gasteiger partial charge in [0.25, 0.3) is 0 Å². The molecule has 0 N–H and O–H groups in total. The average Bonchev–Trinajstić information content (AvgIpc) is 3.27. The van der Waals surface area contributed by atoms with Crippen LogP contribution < -0.4 is 4.74 Å². The third kappa shape index (κ3) is 5.78. The summed E-state index contributed by atoms with van der Waals surface area (Å²) in [6.45, 7) is 4.67. The van der Waals surface area contributed by atoms with Crippen molar-refractivity contribution < 1.29 is 13.2 Å². The first-order chi connectivity index (χ1) is 15.4. The number of hydrogen-bond donors (Lipinski definition) is 0. The molecular weight excluding hydrogens is 440 g/mol. The molecule has 0 spiro atoms. The molecule has 0 radical (unpaired) electrons. The molecule has 5 nitrogen and oxygen atoms in total. The molecular formula is C25H30N2O3S2. The molecule has 3 aromatic rings. The molecule has 7 heteroatoms. The van der Waals surface area contributed by atoms with Gasteiger partial charge in [0, 0.05) is 26.2 Å². The lowest BCUT2D eigenvalue weighted by molar-refractivity contribution is 0.135. The highest BCUT2D eigenvalue weighted by atomic mass is 32.2. The summed E-state index contributed by atoms with van der Waals surface area (Å²) in [5.74, 6) is 0.853. The summed E-state index contributed by atoms with van der Waals surface area (Å²) in [6.07, 6.45) is 1.40. The maximum Gasteiger partial charge on any atom is 0.243 e. The van der Waals surface area contributed by atoms with E-state index in [1.54, 1.807) is 27.8 Å². The van der Waals surface area contributed by atoms with Crippen LogP contribution in [0.5, 0.6) is 5.75 Å². The summed E-state index contributed by atoms with van der Waals surface area (Å²) in [6, 6.07) is 17.4. The van der Waals surface area contributed by atoms with Gasteiger partial charge in [-0.25, -0.2) is 8.42 Å². The second kappa shape index (κ2) is 10.2. The van der Waals surface area contributed by atoms with E-state index in [9.17, 15) is 8.42 Å². The van der Waals surface area contributed by atoms with Gasteiger partial charge in [-0.05, 0) is 79.0 Å². The Hall–Kier alpha value is -2.19. The first kappa shape index (κ1) is 23.0. The Balaban J connectivity index is 1.31. The van der Waals surface area contributed by atoms with Crippen LogP contribution in [0, 0.1) is 6.92 Å². The number of rotatable bonds is 8. The minimum absolute atomic E-state index is 0.0262. The van der Waals surface area contributed by atoms with Crippen molar-refractivity contribution in [2.75, 3.05) is 20.1 Å². The van der Waals surface area contributed by atoms with E-state index in [1.165, 1.54) is 11.1 Å². The fourth-order valence-electron chi connectivity index (χ4n) is 4.02. The fraction of sp³-hybridized carbons (Fsp3) is 0.360. The van der Waals surface area contributed by atoms with Crippen molar-refractivity contribution in [1.82, 2.24) is 9.21 Å². The summed E-state index contributed by atoms with van der Waals surface area (Å²) < 4.78 is 33.6. The third-order valence-corrected chi connectivity index (χ3v) is 8.39. The summed E-state index contributed by atoms with van der Waals surface area (Å²) in [5.41, 5.74) is 3.59. The number of sulfonamides is 1. The third-order valence-electron chi connectivity index (χ3n) is 5.75. The van der Waals surface area contributed by atoms with Crippen LogP contribution in [0.1, 0.15) is 29.5 Å². The maximum absolute atomic E-state index is 12.9. The van der Waals surface area contributed by atoms with E-state index in [0.717, 1.165) is 24.4 Å². The summed E-state index contributed by atoms with van der Waals surface area (Å²) >= 11 is 1.72. The second-order valence-corrected chi connectivity index (χ2v) is 11.2. The van der Waals surface area contributed by atoms with Gasteiger partial charge in [0.15, 0.2) is 0 Å². The van der Waals surface area contributed by atoms with Crippen LogP contribution in [0.2, 0.25) is 0 Å². The number of ether oxygens (including phenoxy) is 1. The normalized spacial score (nSPS) is 15.8. The van der Waals surface area contributed by atoms with Gasteiger partial charge >= 0.3 is 0 Å². The second-order valence-electron chi connectivity index (χ2n) is 8.49. The van der Waals surface area contributed by atoms with E-state index in [0.29, 0.717) is 30.8 Å². The first-order valence-electron chi connectivity index (χ1n) is 10.9. The highest BCUT2D eigenvalue weighted by molar-refractivity contribution is 7.89. The van der Waals surface area contributed by atoms with Crippen LogP contribution in [-0.2, 0) is 23.1 Å². The molecule has 1 saturated heterocycles. The highest BCUT2D eigenvalue weighted by Gasteiger charge is 2.30. The Morgan fingerprint density at radius 1 is 1.03 bits per heavy atom. The number of nitrogens with zero attached hydrogens (tertiary/aromatic N) is 2. The lowest BCUT2D eigenvalue weighted by Gasteiger charge is -2.31. The van der Waals surface area contributed by atoms with Gasteiger partial charge in [0.1, 0.15) is 11.9 Å². The van der Waals surface area contributed by atoms with E-state index in [4.69, 9.17) is 4.74 Å². The summed E-state index contributed by atoms with van der Waals surface area (Å²) in [4.78, 5) is 2.65. The minimum Gasteiger partial charge on any atom is -0.490 e. The number of piperidine rings is 1. The van der Waals surface area contributed by atoms with Crippen LogP contribution in [0.4, 0.5) is 0 Å². The smallest absolute Gasteiger partial charge is 0.243 e. The van der Waals surface area contributed by atoms with Gasteiger partial charge in [-0.3, -0.25) is 4.90 Å². The van der Waals surface area contributed by atoms with Crippen molar-refractivity contribution in [1.29, 1.82) is 0 Å². The zero-order valence-electron chi connectivity index (χ0n) is 18.6. The molecule has 0 saturated carbocycles. The van der Waals surface area contributed by atoms with Crippen molar-refractivity contribution >= 4 is 21.4 Å². The minimum atomic E-state index is -3.44. The predicted octanol–water partition coefficient (Wildman–Crippen LogP) is 4.92. The van der Waals surface area contributed by atoms with E-state index >= 15 is 0 Å². The van der Waals surface area contributed by atoms with E-state index in [-0.39, 0.29) is 6.10 Å². The monoisotopic (exact) mass is 470 g/mol. The van der Waals surface area contributed by atoms with Crippen LogP contribution in [0.15, 0.2) is 70.3 Å². The van der Waals surface area contributed by atoms with Gasteiger partial charge in [-0.1, -0.05) is 29.8 Å². The van der Waals surface area contributed by atoms with E-state index in [2.05, 4.69) is 40.9 Å². The van der Waals surface area contributed by atoms with E-state index in [1.807, 2.05) is 31.2 Å². The molecule has 1 aliphatic heterocycles. The number of thiophene rings is 1. The molecule has 0 atom stereocenters. The molecule has 170 valence electrons. The van der Waals surface area contributed by atoms with Crippen molar-refractivity contribution in [2.45, 2.75) is 43.9 Å². The standard InChI is InChI=1S/C25H30N2O3S2/c1-20-6-8-25(9-7-20)32(28,29)27-13-10-23(11-14-27)30-24-5-3-4-21(16-24)17-26(2)18-22-12-15-31-19-22/h3-9,12,15-16,19,23H,10-11,13-14,17-18H2,1-2H3. The van der Waals surface area contributed by atoms with Crippen molar-refractivity contribution in [3.8, 4) is 5.75 Å². The lowest BCUT2D eigenvalue weighted by Crippen LogP contribution is -2.41. The zero-order valence-corrected chi connectivity index (χ0v) is 20.2. The molecule has 2 aromatic carbocycles. The molecule has 1 fully saturated rings. The van der Waals surface area contributed by atoms with E-state index < -0.39 is 10.0 Å². The van der Waals surface area contributed by atoms with Crippen LogP contribution in [0.25, 0.3) is 0 Å². The maximum atomic E-state index is 12.9. The SMILES string of the molecule is Cc1ccc(S(=O)(=O)N2CCC(Oc3cccc(CN(C)Cc4ccsc4)c3)CC2)cc1. The molecule has 2 heterocycles. The first-order valence-corrected chi connectivity index (χ1v) is 13.3. The molecule has 4 rings (SSSR count). The average molecular weight is 471 g/mol. The van der Waals surface area contributed by atoms with Crippen molar-refractivity contribution in [3.63, 3.8) is 0 Å². The number of benzene rings is 2. The molecule has 0 amide bonds. The predicted molar refractivity (Wildman–Crippen MR) is 130 cm³/mol. The molecule has 32 heavy (non-hydrogen) atoms. The quantitative estimate of drug-likeness (QED) is 0.469. The Morgan fingerprint density at radius 3 is 2.44 bits per heavy atom. The summed E-state index contributed by atoms with van der Waals surface area (Å²) in [5, 5.41) is 4.29. The molecule has 0 unspecified atom stereocenters. The number of aryl methyl sites for hydroxylation is 1. The van der Waals surface area contributed by atoms with Gasteiger partial charge in [-0.2, -0.15) is 15.6 Å². The Morgan fingerprint density at radius 2 is 1.75 bits per heavy atom. The Kier molecular flexibility index (Phi) is 7.30. The number of hydrogen-bond acceptors (Lipinski definition) is 5. The summed E-state index contributed by atoms with van der Waals surface area (Å²) in [7, 11) is -1.32. The van der Waals surface area contributed by atoms with Crippen molar-refractivity contribution in [2.24, 2.45) is 0 Å².